The molecule has 0 saturated carbocycles. The van der Waals surface area contributed by atoms with Crippen LogP contribution in [0.4, 0.5) is 0 Å². The van der Waals surface area contributed by atoms with E-state index in [-0.39, 0.29) is 17.2 Å². The summed E-state index contributed by atoms with van der Waals surface area (Å²) in [6, 6.07) is 9.83. The number of benzene rings is 1. The summed E-state index contributed by atoms with van der Waals surface area (Å²) >= 11 is 2.73. The van der Waals surface area contributed by atoms with Crippen molar-refractivity contribution in [2.45, 2.75) is 25.0 Å². The van der Waals surface area contributed by atoms with Gasteiger partial charge in [0.15, 0.2) is 5.16 Å². The summed E-state index contributed by atoms with van der Waals surface area (Å²) in [7, 11) is 1.60. The smallest absolute Gasteiger partial charge is 0.263 e. The first-order valence-electron chi connectivity index (χ1n) is 9.11. The number of carbonyl (C=O) groups excluding carboxylic acids is 1. The summed E-state index contributed by atoms with van der Waals surface area (Å²) in [6.45, 7) is 3.44. The van der Waals surface area contributed by atoms with Crippen LogP contribution in [0, 0.1) is 0 Å². The van der Waals surface area contributed by atoms with E-state index in [2.05, 4.69) is 5.32 Å². The van der Waals surface area contributed by atoms with Crippen molar-refractivity contribution >= 4 is 39.2 Å². The minimum atomic E-state index is -0.0985. The lowest BCUT2D eigenvalue weighted by atomic mass is 10.1. The Labute approximate surface area is 171 Å². The molecule has 0 fully saturated rings. The summed E-state index contributed by atoms with van der Waals surface area (Å²) < 4.78 is 6.78. The molecule has 0 aliphatic carbocycles. The van der Waals surface area contributed by atoms with Gasteiger partial charge in [-0.1, -0.05) is 49.0 Å². The van der Waals surface area contributed by atoms with Gasteiger partial charge < -0.3 is 10.1 Å². The molecular weight excluding hydrogens is 394 g/mol. The van der Waals surface area contributed by atoms with Crippen LogP contribution in [0.3, 0.4) is 0 Å². The average molecular weight is 418 g/mol. The van der Waals surface area contributed by atoms with Crippen LogP contribution in [-0.2, 0) is 16.1 Å². The maximum absolute atomic E-state index is 13.3. The highest BCUT2D eigenvalue weighted by Crippen LogP contribution is 2.32. The van der Waals surface area contributed by atoms with Gasteiger partial charge in [0.1, 0.15) is 4.83 Å². The topological polar surface area (TPSA) is 73.2 Å². The molecule has 1 amide bonds. The lowest BCUT2D eigenvalue weighted by Crippen LogP contribution is -2.28. The molecule has 3 rings (SSSR count). The number of nitrogens with one attached hydrogen (secondary N) is 1. The van der Waals surface area contributed by atoms with Crippen molar-refractivity contribution < 1.29 is 9.53 Å². The van der Waals surface area contributed by atoms with Crippen molar-refractivity contribution in [1.82, 2.24) is 14.9 Å². The predicted molar refractivity (Wildman–Crippen MR) is 115 cm³/mol. The summed E-state index contributed by atoms with van der Waals surface area (Å²) in [4.78, 5) is 30.6. The largest absolute Gasteiger partial charge is 0.383 e. The van der Waals surface area contributed by atoms with Crippen LogP contribution in [0.1, 0.15) is 13.3 Å². The number of ether oxygens (including phenoxy) is 1. The van der Waals surface area contributed by atoms with Gasteiger partial charge in [0.05, 0.1) is 24.3 Å². The molecular formula is C20H23N3O3S2. The van der Waals surface area contributed by atoms with E-state index in [4.69, 9.17) is 9.72 Å². The molecule has 0 aliphatic rings. The molecule has 0 unspecified atom stereocenters. The molecule has 6 nitrogen and oxygen atoms in total. The number of carbonyl (C=O) groups is 1. The van der Waals surface area contributed by atoms with E-state index in [0.29, 0.717) is 35.1 Å². The number of aromatic nitrogens is 2. The fourth-order valence-electron chi connectivity index (χ4n) is 2.77. The second-order valence-corrected chi connectivity index (χ2v) is 7.98. The third-order valence-electron chi connectivity index (χ3n) is 4.17. The van der Waals surface area contributed by atoms with Gasteiger partial charge in [0, 0.05) is 24.6 Å². The van der Waals surface area contributed by atoms with E-state index < -0.39 is 0 Å². The highest BCUT2D eigenvalue weighted by molar-refractivity contribution is 7.99. The second-order valence-electron chi connectivity index (χ2n) is 6.18. The van der Waals surface area contributed by atoms with Crippen LogP contribution in [0.25, 0.3) is 21.3 Å². The highest BCUT2D eigenvalue weighted by atomic mass is 32.2. The molecule has 1 N–H and O–H groups in total. The van der Waals surface area contributed by atoms with Crippen LogP contribution in [0.5, 0.6) is 0 Å². The molecule has 3 aromatic rings. The van der Waals surface area contributed by atoms with Crippen molar-refractivity contribution in [3.63, 3.8) is 0 Å². The molecule has 0 radical (unpaired) electrons. The van der Waals surface area contributed by atoms with Crippen LogP contribution in [0.15, 0.2) is 45.7 Å². The van der Waals surface area contributed by atoms with E-state index >= 15 is 0 Å². The summed E-state index contributed by atoms with van der Waals surface area (Å²) in [5.74, 6) is 0.164. The quantitative estimate of drug-likeness (QED) is 0.427. The minimum absolute atomic E-state index is 0.0596. The Kier molecular flexibility index (Phi) is 7.24. The van der Waals surface area contributed by atoms with Gasteiger partial charge in [-0.05, 0) is 12.0 Å². The first kappa shape index (κ1) is 20.6. The van der Waals surface area contributed by atoms with Gasteiger partial charge >= 0.3 is 0 Å². The fourth-order valence-corrected chi connectivity index (χ4v) is 4.61. The number of hydrogen-bond acceptors (Lipinski definition) is 6. The first-order chi connectivity index (χ1) is 13.7. The summed E-state index contributed by atoms with van der Waals surface area (Å²) in [6.07, 6.45) is 0.886. The Morgan fingerprint density at radius 1 is 1.32 bits per heavy atom. The van der Waals surface area contributed by atoms with E-state index in [0.717, 1.165) is 17.5 Å². The van der Waals surface area contributed by atoms with E-state index in [1.807, 2.05) is 42.6 Å². The number of thioether (sulfide) groups is 1. The molecule has 0 bridgehead atoms. The first-order valence-corrected chi connectivity index (χ1v) is 11.0. The predicted octanol–water partition coefficient (Wildman–Crippen LogP) is 3.39. The van der Waals surface area contributed by atoms with Crippen molar-refractivity contribution in [3.8, 4) is 11.1 Å². The molecule has 0 spiro atoms. The molecule has 28 heavy (non-hydrogen) atoms. The summed E-state index contributed by atoms with van der Waals surface area (Å²) in [5.41, 5.74) is 1.78. The number of rotatable bonds is 9. The maximum Gasteiger partial charge on any atom is 0.263 e. The zero-order valence-electron chi connectivity index (χ0n) is 15.9. The molecule has 0 saturated heterocycles. The Morgan fingerprint density at radius 2 is 2.11 bits per heavy atom. The number of methoxy groups -OCH3 is 1. The Morgan fingerprint density at radius 3 is 2.82 bits per heavy atom. The van der Waals surface area contributed by atoms with Crippen LogP contribution in [0.2, 0.25) is 0 Å². The SMILES string of the molecule is CCCNC(=O)CSc1nc2scc(-c3ccccc3)c2c(=O)n1CCOC. The zero-order valence-corrected chi connectivity index (χ0v) is 17.6. The third kappa shape index (κ3) is 4.63. The summed E-state index contributed by atoms with van der Waals surface area (Å²) in [5, 5.41) is 5.98. The zero-order chi connectivity index (χ0) is 19.9. The van der Waals surface area contributed by atoms with Crippen molar-refractivity contribution in [2.24, 2.45) is 0 Å². The lowest BCUT2D eigenvalue weighted by molar-refractivity contribution is -0.118. The van der Waals surface area contributed by atoms with Gasteiger partial charge in [-0.3, -0.25) is 14.2 Å². The number of fused-ring (bicyclic) bond motifs is 1. The Bertz CT molecular complexity index is 999. The molecule has 2 heterocycles. The van der Waals surface area contributed by atoms with Crippen molar-refractivity contribution in [3.05, 3.63) is 46.1 Å². The number of amides is 1. The molecule has 2 aromatic heterocycles. The molecule has 1 aromatic carbocycles. The monoisotopic (exact) mass is 417 g/mol. The Balaban J connectivity index is 1.99. The van der Waals surface area contributed by atoms with E-state index in [1.165, 1.54) is 23.1 Å². The average Bonchev–Trinajstić information content (AvgIpc) is 3.15. The van der Waals surface area contributed by atoms with Gasteiger partial charge in [0.25, 0.3) is 5.56 Å². The van der Waals surface area contributed by atoms with Gasteiger partial charge in [-0.15, -0.1) is 11.3 Å². The standard InChI is InChI=1S/C20H23N3O3S2/c1-3-9-21-16(24)13-28-20-22-18-17(19(25)23(20)10-11-26-2)15(12-27-18)14-7-5-4-6-8-14/h4-8,12H,3,9-11,13H2,1-2H3,(H,21,24). The number of hydrogen-bond donors (Lipinski definition) is 1. The minimum Gasteiger partial charge on any atom is -0.383 e. The molecule has 148 valence electrons. The van der Waals surface area contributed by atoms with Crippen LogP contribution in [-0.4, -0.2) is 41.5 Å². The fraction of sp³-hybridized carbons (Fsp3) is 0.350. The lowest BCUT2D eigenvalue weighted by Gasteiger charge is -2.12. The van der Waals surface area contributed by atoms with Crippen LogP contribution >= 0.6 is 23.1 Å². The van der Waals surface area contributed by atoms with Gasteiger partial charge in [-0.2, -0.15) is 0 Å². The number of thiophene rings is 1. The second kappa shape index (κ2) is 9.86. The number of nitrogens with zero attached hydrogens (tertiary/aromatic N) is 2. The Hall–Kier alpha value is -2.16. The van der Waals surface area contributed by atoms with Crippen LogP contribution < -0.4 is 10.9 Å². The van der Waals surface area contributed by atoms with Gasteiger partial charge in [-0.25, -0.2) is 4.98 Å². The molecule has 0 atom stereocenters. The van der Waals surface area contributed by atoms with E-state index in [9.17, 15) is 9.59 Å². The highest BCUT2D eigenvalue weighted by Gasteiger charge is 2.18. The normalized spacial score (nSPS) is 11.1. The van der Waals surface area contributed by atoms with Gasteiger partial charge in [0.2, 0.25) is 5.91 Å². The van der Waals surface area contributed by atoms with Crippen molar-refractivity contribution in [2.75, 3.05) is 26.0 Å². The molecule has 8 heteroatoms. The maximum atomic E-state index is 13.3. The van der Waals surface area contributed by atoms with E-state index in [1.54, 1.807) is 11.7 Å². The molecule has 0 aliphatic heterocycles. The van der Waals surface area contributed by atoms with Crippen molar-refractivity contribution in [1.29, 1.82) is 0 Å². The third-order valence-corrected chi connectivity index (χ3v) is 6.02.